The quantitative estimate of drug-likeness (QED) is 0.565. The molecule has 29 heavy (non-hydrogen) atoms. The molecule has 1 aromatic carbocycles. The highest BCUT2D eigenvalue weighted by atomic mass is 79.9. The summed E-state index contributed by atoms with van der Waals surface area (Å²) in [4.78, 5) is 4.18. The summed E-state index contributed by atoms with van der Waals surface area (Å²) in [5.41, 5.74) is 0.256. The Morgan fingerprint density at radius 1 is 1.24 bits per heavy atom. The maximum atomic E-state index is 14.1. The van der Waals surface area contributed by atoms with Gasteiger partial charge >= 0.3 is 6.36 Å². The summed E-state index contributed by atoms with van der Waals surface area (Å²) in [6.07, 6.45) is -5.06. The maximum Gasteiger partial charge on any atom is 0.573 e. The van der Waals surface area contributed by atoms with Gasteiger partial charge in [-0.15, -0.1) is 13.2 Å². The number of hydrogen-bond donors (Lipinski definition) is 2. The van der Waals surface area contributed by atoms with Crippen LogP contribution in [0, 0.1) is 5.82 Å². The fraction of sp³-hybridized carbons (Fsp3) is 0.389. The van der Waals surface area contributed by atoms with Crippen molar-refractivity contribution in [3.05, 3.63) is 58.1 Å². The molecule has 2 aromatic rings. The van der Waals surface area contributed by atoms with Crippen molar-refractivity contribution >= 4 is 26.9 Å². The number of benzene rings is 1. The van der Waals surface area contributed by atoms with Crippen LogP contribution in [0.5, 0.6) is 5.75 Å². The van der Waals surface area contributed by atoms with Crippen LogP contribution in [0.4, 0.5) is 17.6 Å². The van der Waals surface area contributed by atoms with Gasteiger partial charge in [0.2, 0.25) is 0 Å². The van der Waals surface area contributed by atoms with Gasteiger partial charge in [0.1, 0.15) is 6.10 Å². The molecule has 2 rings (SSSR count). The van der Waals surface area contributed by atoms with Crippen LogP contribution in [-0.4, -0.2) is 25.4 Å². The van der Waals surface area contributed by atoms with Crippen LogP contribution in [0.1, 0.15) is 44.2 Å². The SMILES string of the molecule is CC(C)(C)S(=O)NC(c1ncccc1Br)[C@@H](O)c1ccc(OC(F)(F)F)c(F)c1. The fourth-order valence-electron chi connectivity index (χ4n) is 2.29. The standard InChI is InChI=1S/C18H19BrF4N2O3S/c1-17(2,3)29(27)25-15(14-11(19)5-4-8-24-14)16(26)10-6-7-13(12(20)9-10)28-18(21,22)23/h4-9,15-16,25-26H,1-3H3/t15?,16-,29?/m0/s1. The number of nitrogens with one attached hydrogen (secondary N) is 1. The zero-order valence-corrected chi connectivity index (χ0v) is 18.0. The van der Waals surface area contributed by atoms with Crippen LogP contribution < -0.4 is 9.46 Å². The lowest BCUT2D eigenvalue weighted by Crippen LogP contribution is -2.38. The van der Waals surface area contributed by atoms with Crippen LogP contribution in [0.25, 0.3) is 0 Å². The van der Waals surface area contributed by atoms with Gasteiger partial charge in [-0.1, -0.05) is 6.07 Å². The van der Waals surface area contributed by atoms with Gasteiger partial charge in [-0.05, 0) is 66.5 Å². The molecule has 2 N–H and O–H groups in total. The number of ether oxygens (including phenoxy) is 1. The van der Waals surface area contributed by atoms with Crippen molar-refractivity contribution in [2.24, 2.45) is 0 Å². The molecular formula is C18H19BrF4N2O3S. The van der Waals surface area contributed by atoms with Crippen LogP contribution in [0.2, 0.25) is 0 Å². The first-order valence-electron chi connectivity index (χ1n) is 8.31. The highest BCUT2D eigenvalue weighted by Gasteiger charge is 2.34. The topological polar surface area (TPSA) is 71.5 Å². The molecule has 0 saturated carbocycles. The van der Waals surface area contributed by atoms with Crippen molar-refractivity contribution in [2.45, 2.75) is 44.0 Å². The summed E-state index contributed by atoms with van der Waals surface area (Å²) in [7, 11) is -1.63. The van der Waals surface area contributed by atoms with Gasteiger partial charge in [0, 0.05) is 10.7 Å². The summed E-state index contributed by atoms with van der Waals surface area (Å²) in [6, 6.07) is 4.86. The second-order valence-corrected chi connectivity index (χ2v) is 9.88. The van der Waals surface area contributed by atoms with Gasteiger partial charge < -0.3 is 9.84 Å². The van der Waals surface area contributed by atoms with E-state index in [1.165, 1.54) is 6.20 Å². The van der Waals surface area contributed by atoms with E-state index in [1.54, 1.807) is 32.9 Å². The minimum absolute atomic E-state index is 0.0435. The van der Waals surface area contributed by atoms with Gasteiger partial charge in [0.15, 0.2) is 11.6 Å². The van der Waals surface area contributed by atoms with Gasteiger partial charge in [0.05, 0.1) is 27.5 Å². The van der Waals surface area contributed by atoms with E-state index in [-0.39, 0.29) is 5.56 Å². The largest absolute Gasteiger partial charge is 0.573 e. The zero-order valence-electron chi connectivity index (χ0n) is 15.6. The van der Waals surface area contributed by atoms with Gasteiger partial charge in [-0.3, -0.25) is 4.98 Å². The number of aromatic nitrogens is 1. The molecule has 11 heteroatoms. The van der Waals surface area contributed by atoms with Crippen LogP contribution >= 0.6 is 15.9 Å². The van der Waals surface area contributed by atoms with Crippen molar-refractivity contribution in [1.29, 1.82) is 0 Å². The fourth-order valence-corrected chi connectivity index (χ4v) is 3.62. The molecule has 5 nitrogen and oxygen atoms in total. The van der Waals surface area contributed by atoms with E-state index in [0.29, 0.717) is 10.2 Å². The third kappa shape index (κ3) is 6.46. The molecule has 0 spiro atoms. The second kappa shape index (κ2) is 9.07. The molecule has 160 valence electrons. The monoisotopic (exact) mass is 498 g/mol. The number of aliphatic hydroxyl groups is 1. The van der Waals surface area contributed by atoms with E-state index in [0.717, 1.165) is 18.2 Å². The first kappa shape index (κ1) is 23.7. The second-order valence-electron chi connectivity index (χ2n) is 7.03. The minimum atomic E-state index is -5.05. The van der Waals surface area contributed by atoms with Crippen LogP contribution in [-0.2, 0) is 11.0 Å². The van der Waals surface area contributed by atoms with E-state index in [1.807, 2.05) is 0 Å². The first-order chi connectivity index (χ1) is 13.3. The highest BCUT2D eigenvalue weighted by Crippen LogP contribution is 2.35. The normalized spacial score (nSPS) is 15.6. The van der Waals surface area contributed by atoms with Crippen molar-refractivity contribution in [3.8, 4) is 5.75 Å². The van der Waals surface area contributed by atoms with Crippen LogP contribution in [0.15, 0.2) is 41.0 Å². The molecule has 2 unspecified atom stereocenters. The van der Waals surface area contributed by atoms with E-state index in [4.69, 9.17) is 0 Å². The van der Waals surface area contributed by atoms with Crippen LogP contribution in [0.3, 0.4) is 0 Å². The average molecular weight is 499 g/mol. The Morgan fingerprint density at radius 3 is 2.41 bits per heavy atom. The first-order valence-corrected chi connectivity index (χ1v) is 10.3. The number of halogens is 5. The Kier molecular flexibility index (Phi) is 7.42. The number of nitrogens with zero attached hydrogens (tertiary/aromatic N) is 1. The van der Waals surface area contributed by atoms with E-state index >= 15 is 0 Å². The summed E-state index contributed by atoms with van der Waals surface area (Å²) in [5, 5.41) is 10.8. The Labute approximate surface area is 176 Å². The number of pyridine rings is 1. The lowest BCUT2D eigenvalue weighted by molar-refractivity contribution is -0.275. The molecule has 0 saturated heterocycles. The Hall–Kier alpha value is -1.56. The molecule has 1 aromatic heterocycles. The number of aliphatic hydroxyl groups excluding tert-OH is 1. The number of hydrogen-bond acceptors (Lipinski definition) is 4. The molecular weight excluding hydrogens is 480 g/mol. The van der Waals surface area contributed by atoms with Gasteiger partial charge in [-0.25, -0.2) is 13.3 Å². The predicted octanol–water partition coefficient (Wildman–Crippen LogP) is 4.71. The molecule has 0 radical (unpaired) electrons. The summed E-state index contributed by atoms with van der Waals surface area (Å²) in [6.45, 7) is 5.15. The van der Waals surface area contributed by atoms with Gasteiger partial charge in [0.25, 0.3) is 0 Å². The zero-order chi connectivity index (χ0) is 22.0. The Balaban J connectivity index is 2.41. The van der Waals surface area contributed by atoms with Gasteiger partial charge in [-0.2, -0.15) is 0 Å². The van der Waals surface area contributed by atoms with Crippen molar-refractivity contribution < 1.29 is 31.6 Å². The summed E-state index contributed by atoms with van der Waals surface area (Å²) >= 11 is 3.31. The summed E-state index contributed by atoms with van der Waals surface area (Å²) in [5.74, 6) is -2.31. The van der Waals surface area contributed by atoms with Crippen molar-refractivity contribution in [2.75, 3.05) is 0 Å². The lowest BCUT2D eigenvalue weighted by atomic mass is 9.99. The molecule has 0 bridgehead atoms. The minimum Gasteiger partial charge on any atom is -0.403 e. The number of alkyl halides is 3. The van der Waals surface area contributed by atoms with E-state index in [2.05, 4.69) is 30.4 Å². The lowest BCUT2D eigenvalue weighted by Gasteiger charge is -2.28. The number of rotatable bonds is 6. The maximum absolute atomic E-state index is 14.1. The third-order valence-corrected chi connectivity index (χ3v) is 5.96. The molecule has 0 aliphatic rings. The molecule has 0 aliphatic carbocycles. The Bertz CT molecular complexity index is 890. The molecule has 1 heterocycles. The third-order valence-electron chi connectivity index (χ3n) is 3.71. The predicted molar refractivity (Wildman–Crippen MR) is 104 cm³/mol. The Morgan fingerprint density at radius 2 is 1.90 bits per heavy atom. The van der Waals surface area contributed by atoms with E-state index < -0.39 is 45.8 Å². The van der Waals surface area contributed by atoms with Crippen molar-refractivity contribution in [3.63, 3.8) is 0 Å². The molecule has 3 atom stereocenters. The molecule has 0 fully saturated rings. The highest BCUT2D eigenvalue weighted by molar-refractivity contribution is 9.10. The molecule has 0 amide bonds. The molecule has 0 aliphatic heterocycles. The smallest absolute Gasteiger partial charge is 0.403 e. The summed E-state index contributed by atoms with van der Waals surface area (Å²) < 4.78 is 69.9. The van der Waals surface area contributed by atoms with Crippen molar-refractivity contribution in [1.82, 2.24) is 9.71 Å². The van der Waals surface area contributed by atoms with E-state index in [9.17, 15) is 26.9 Å². The average Bonchev–Trinajstić information content (AvgIpc) is 2.59.